The minimum Gasteiger partial charge on any atom is -0.497 e. The second kappa shape index (κ2) is 6.28. The zero-order chi connectivity index (χ0) is 14.7. The van der Waals surface area contributed by atoms with Gasteiger partial charge in [0.25, 0.3) is 0 Å². The lowest BCUT2D eigenvalue weighted by atomic mass is 10.2. The number of ether oxygens (including phenoxy) is 1. The van der Waals surface area contributed by atoms with E-state index in [0.717, 1.165) is 4.90 Å². The highest BCUT2D eigenvalue weighted by Gasteiger charge is 2.16. The first-order valence-corrected chi connectivity index (χ1v) is 7.17. The first-order chi connectivity index (χ1) is 9.52. The molecule has 20 heavy (non-hydrogen) atoms. The third-order valence-corrected chi connectivity index (χ3v) is 4.35. The molecule has 6 heteroatoms. The molecule has 0 atom stereocenters. The van der Waals surface area contributed by atoms with E-state index in [1.807, 2.05) is 6.07 Å². The standard InChI is InChI=1S/C14H10BrFO3S/c1-19-8-3-2-4-9(7-8)20-11-6-5-10(14(17)18)12(15)13(11)16/h2-7H,1H3,(H,17,18). The minimum absolute atomic E-state index is 0.0436. The molecule has 0 saturated carbocycles. The number of halogens is 2. The van der Waals surface area contributed by atoms with Crippen molar-refractivity contribution in [2.45, 2.75) is 9.79 Å². The number of benzene rings is 2. The highest BCUT2D eigenvalue weighted by atomic mass is 79.9. The van der Waals surface area contributed by atoms with E-state index in [2.05, 4.69) is 15.9 Å². The Morgan fingerprint density at radius 2 is 2.10 bits per heavy atom. The van der Waals surface area contributed by atoms with Crippen molar-refractivity contribution < 1.29 is 19.0 Å². The smallest absolute Gasteiger partial charge is 0.336 e. The molecule has 2 aromatic carbocycles. The van der Waals surface area contributed by atoms with E-state index < -0.39 is 11.8 Å². The van der Waals surface area contributed by atoms with Crippen molar-refractivity contribution in [2.24, 2.45) is 0 Å². The maximum atomic E-state index is 14.1. The van der Waals surface area contributed by atoms with Gasteiger partial charge in [0.15, 0.2) is 5.82 Å². The summed E-state index contributed by atoms with van der Waals surface area (Å²) in [4.78, 5) is 12.1. The van der Waals surface area contributed by atoms with Gasteiger partial charge in [-0.3, -0.25) is 0 Å². The van der Waals surface area contributed by atoms with Crippen LogP contribution < -0.4 is 4.74 Å². The van der Waals surface area contributed by atoms with Gasteiger partial charge in [0.1, 0.15) is 5.75 Å². The Kier molecular flexibility index (Phi) is 4.67. The van der Waals surface area contributed by atoms with Crippen LogP contribution in [0.5, 0.6) is 5.75 Å². The number of carbonyl (C=O) groups is 1. The van der Waals surface area contributed by atoms with Crippen LogP contribution in [-0.2, 0) is 0 Å². The van der Waals surface area contributed by atoms with E-state index >= 15 is 0 Å². The van der Waals surface area contributed by atoms with E-state index in [0.29, 0.717) is 10.6 Å². The fourth-order valence-electron chi connectivity index (χ4n) is 1.57. The van der Waals surface area contributed by atoms with Crippen molar-refractivity contribution in [3.63, 3.8) is 0 Å². The van der Waals surface area contributed by atoms with Gasteiger partial charge < -0.3 is 9.84 Å². The van der Waals surface area contributed by atoms with Crippen molar-refractivity contribution in [2.75, 3.05) is 7.11 Å². The van der Waals surface area contributed by atoms with Crippen LogP contribution in [-0.4, -0.2) is 18.2 Å². The molecule has 0 radical (unpaired) electrons. The minimum atomic E-state index is -1.17. The van der Waals surface area contributed by atoms with Gasteiger partial charge in [-0.15, -0.1) is 0 Å². The maximum absolute atomic E-state index is 14.1. The van der Waals surface area contributed by atoms with Gasteiger partial charge >= 0.3 is 5.97 Å². The number of hydrogen-bond donors (Lipinski definition) is 1. The molecule has 0 heterocycles. The Labute approximate surface area is 127 Å². The van der Waals surface area contributed by atoms with Crippen LogP contribution >= 0.6 is 27.7 Å². The van der Waals surface area contributed by atoms with Crippen molar-refractivity contribution in [3.05, 3.63) is 52.3 Å². The summed E-state index contributed by atoms with van der Waals surface area (Å²) in [5.74, 6) is -1.08. The van der Waals surface area contributed by atoms with Crippen LogP contribution in [0.1, 0.15) is 10.4 Å². The Hall–Kier alpha value is -1.53. The molecule has 2 aromatic rings. The van der Waals surface area contributed by atoms with Crippen LogP contribution in [0.15, 0.2) is 50.7 Å². The van der Waals surface area contributed by atoms with Gasteiger partial charge in [0.2, 0.25) is 0 Å². The molecule has 0 spiro atoms. The Bertz CT molecular complexity index is 661. The molecule has 0 saturated heterocycles. The molecule has 0 bridgehead atoms. The first-order valence-electron chi connectivity index (χ1n) is 5.56. The Morgan fingerprint density at radius 3 is 2.75 bits per heavy atom. The quantitative estimate of drug-likeness (QED) is 0.879. The zero-order valence-electron chi connectivity index (χ0n) is 10.4. The summed E-state index contributed by atoms with van der Waals surface area (Å²) in [7, 11) is 1.56. The molecule has 0 fully saturated rings. The molecule has 0 aliphatic carbocycles. The molecular formula is C14H10BrFO3S. The van der Waals surface area contributed by atoms with E-state index in [4.69, 9.17) is 9.84 Å². The molecule has 1 N–H and O–H groups in total. The molecule has 0 aromatic heterocycles. The normalized spacial score (nSPS) is 10.3. The third kappa shape index (κ3) is 3.13. The molecule has 104 valence electrons. The summed E-state index contributed by atoms with van der Waals surface area (Å²) >= 11 is 4.18. The predicted molar refractivity (Wildman–Crippen MR) is 78.2 cm³/mol. The first kappa shape index (κ1) is 14.9. The van der Waals surface area contributed by atoms with Gasteiger partial charge in [0.05, 0.1) is 17.1 Å². The second-order valence-electron chi connectivity index (χ2n) is 3.83. The summed E-state index contributed by atoms with van der Waals surface area (Å²) in [6.07, 6.45) is 0. The number of carboxylic acid groups (broad SMARTS) is 1. The van der Waals surface area contributed by atoms with E-state index in [-0.39, 0.29) is 10.0 Å². The van der Waals surface area contributed by atoms with Crippen LogP contribution in [0.25, 0.3) is 0 Å². The number of methoxy groups -OCH3 is 1. The molecule has 2 rings (SSSR count). The fourth-order valence-corrected chi connectivity index (χ4v) is 3.12. The number of rotatable bonds is 4. The molecule has 0 unspecified atom stereocenters. The lowest BCUT2D eigenvalue weighted by Gasteiger charge is -2.08. The number of aromatic carboxylic acids is 1. The maximum Gasteiger partial charge on any atom is 0.336 e. The zero-order valence-corrected chi connectivity index (χ0v) is 12.8. The monoisotopic (exact) mass is 356 g/mol. The molecular weight excluding hydrogens is 347 g/mol. The van der Waals surface area contributed by atoms with Gasteiger partial charge in [-0.1, -0.05) is 17.8 Å². The summed E-state index contributed by atoms with van der Waals surface area (Å²) in [5.41, 5.74) is -0.0995. The van der Waals surface area contributed by atoms with Crippen LogP contribution in [0.4, 0.5) is 4.39 Å². The van der Waals surface area contributed by atoms with Crippen molar-refractivity contribution in [1.29, 1.82) is 0 Å². The average Bonchev–Trinajstić information content (AvgIpc) is 2.44. The third-order valence-electron chi connectivity index (χ3n) is 2.55. The van der Waals surface area contributed by atoms with Crippen LogP contribution in [0.3, 0.4) is 0 Å². The van der Waals surface area contributed by atoms with Gasteiger partial charge in [-0.25, -0.2) is 9.18 Å². The van der Waals surface area contributed by atoms with Crippen LogP contribution in [0.2, 0.25) is 0 Å². The van der Waals surface area contributed by atoms with Crippen LogP contribution in [0, 0.1) is 5.82 Å². The van der Waals surface area contributed by atoms with E-state index in [1.54, 1.807) is 25.3 Å². The highest BCUT2D eigenvalue weighted by Crippen LogP contribution is 2.35. The largest absolute Gasteiger partial charge is 0.497 e. The van der Waals surface area contributed by atoms with E-state index in [1.165, 1.54) is 23.9 Å². The van der Waals surface area contributed by atoms with Gasteiger partial charge in [0, 0.05) is 9.79 Å². The van der Waals surface area contributed by atoms with Crippen molar-refractivity contribution in [3.8, 4) is 5.75 Å². The topological polar surface area (TPSA) is 46.5 Å². The summed E-state index contributed by atoms with van der Waals surface area (Å²) < 4.78 is 19.2. The predicted octanol–water partition coefficient (Wildman–Crippen LogP) is 4.45. The fraction of sp³-hybridized carbons (Fsp3) is 0.0714. The Balaban J connectivity index is 2.34. The summed E-state index contributed by atoms with van der Waals surface area (Å²) in [5, 5.41) is 8.92. The lowest BCUT2D eigenvalue weighted by Crippen LogP contribution is -2.00. The average molecular weight is 357 g/mol. The van der Waals surface area contributed by atoms with Gasteiger partial charge in [-0.05, 0) is 46.3 Å². The lowest BCUT2D eigenvalue weighted by molar-refractivity contribution is 0.0695. The second-order valence-corrected chi connectivity index (χ2v) is 5.73. The highest BCUT2D eigenvalue weighted by molar-refractivity contribution is 9.10. The number of carboxylic acids is 1. The summed E-state index contributed by atoms with van der Waals surface area (Å²) in [6, 6.07) is 10.0. The van der Waals surface area contributed by atoms with Crippen molar-refractivity contribution >= 4 is 33.7 Å². The molecule has 0 aliphatic heterocycles. The molecule has 3 nitrogen and oxygen atoms in total. The Morgan fingerprint density at radius 1 is 1.35 bits per heavy atom. The molecule has 0 aliphatic rings. The number of hydrogen-bond acceptors (Lipinski definition) is 3. The van der Waals surface area contributed by atoms with Gasteiger partial charge in [-0.2, -0.15) is 0 Å². The summed E-state index contributed by atoms with van der Waals surface area (Å²) in [6.45, 7) is 0. The molecule has 0 amide bonds. The SMILES string of the molecule is COc1cccc(Sc2ccc(C(=O)O)c(Br)c2F)c1. The van der Waals surface area contributed by atoms with E-state index in [9.17, 15) is 9.18 Å². The van der Waals surface area contributed by atoms with Crippen molar-refractivity contribution in [1.82, 2.24) is 0 Å².